The van der Waals surface area contributed by atoms with Gasteiger partial charge in [0.15, 0.2) is 6.10 Å². The lowest BCUT2D eigenvalue weighted by Crippen LogP contribution is -2.40. The van der Waals surface area contributed by atoms with Gasteiger partial charge in [-0.2, -0.15) is 0 Å². The van der Waals surface area contributed by atoms with Crippen molar-refractivity contribution in [3.63, 3.8) is 0 Å². The molecular formula is C68H128NO8+. The number of hydrogen-bond acceptors (Lipinski definition) is 7. The lowest BCUT2D eigenvalue weighted by Gasteiger charge is -2.25. The Balaban J connectivity index is 3.95. The fourth-order valence-electron chi connectivity index (χ4n) is 9.75. The number of likely N-dealkylation sites (N-methyl/N-ethyl adjacent to an activating group) is 1. The predicted octanol–water partition coefficient (Wildman–Crippen LogP) is 20.0. The molecular weight excluding hydrogens is 959 g/mol. The summed E-state index contributed by atoms with van der Waals surface area (Å²) in [6, 6.07) is 0. The highest BCUT2D eigenvalue weighted by Crippen LogP contribution is 2.18. The molecule has 0 aromatic heterocycles. The third-order valence-corrected chi connectivity index (χ3v) is 14.9. The van der Waals surface area contributed by atoms with E-state index in [4.69, 9.17) is 18.9 Å². The van der Waals surface area contributed by atoms with Gasteiger partial charge in [-0.3, -0.25) is 9.59 Å². The van der Waals surface area contributed by atoms with E-state index in [0.717, 1.165) is 57.8 Å². The van der Waals surface area contributed by atoms with Crippen LogP contribution >= 0.6 is 0 Å². The van der Waals surface area contributed by atoms with Gasteiger partial charge >= 0.3 is 17.9 Å². The van der Waals surface area contributed by atoms with E-state index in [1.807, 2.05) is 21.1 Å². The fourth-order valence-corrected chi connectivity index (χ4v) is 9.75. The molecule has 0 aliphatic rings. The smallest absolute Gasteiger partial charge is 0.361 e. The van der Waals surface area contributed by atoms with Crippen LogP contribution in [-0.2, 0) is 33.3 Å². The molecule has 0 amide bonds. The lowest BCUT2D eigenvalue weighted by molar-refractivity contribution is -0.870. The van der Waals surface area contributed by atoms with E-state index < -0.39 is 24.3 Å². The summed E-state index contributed by atoms with van der Waals surface area (Å²) in [5.74, 6) is -2.01. The fraction of sp³-hybridized carbons (Fsp3) is 0.868. The van der Waals surface area contributed by atoms with Crippen LogP contribution in [0.25, 0.3) is 0 Å². The molecule has 0 aliphatic carbocycles. The van der Waals surface area contributed by atoms with E-state index in [1.165, 1.54) is 231 Å². The third kappa shape index (κ3) is 61.0. The number of nitrogens with zero attached hydrogens (tertiary/aromatic N) is 1. The number of ether oxygens (including phenoxy) is 4. The van der Waals surface area contributed by atoms with Crippen molar-refractivity contribution in [2.75, 3.05) is 47.5 Å². The van der Waals surface area contributed by atoms with Crippen LogP contribution in [0, 0.1) is 0 Å². The molecule has 9 heteroatoms. The van der Waals surface area contributed by atoms with Gasteiger partial charge in [0.25, 0.3) is 6.29 Å². The molecule has 9 nitrogen and oxygen atoms in total. The van der Waals surface area contributed by atoms with E-state index >= 15 is 0 Å². The summed E-state index contributed by atoms with van der Waals surface area (Å²) in [5.41, 5.74) is 0. The molecule has 452 valence electrons. The average molecular weight is 1090 g/mol. The summed E-state index contributed by atoms with van der Waals surface area (Å²) in [5, 5.41) is 9.70. The zero-order valence-electron chi connectivity index (χ0n) is 51.6. The van der Waals surface area contributed by atoms with Crippen molar-refractivity contribution in [2.24, 2.45) is 0 Å². The van der Waals surface area contributed by atoms with Crippen molar-refractivity contribution in [2.45, 2.75) is 334 Å². The first-order valence-electron chi connectivity index (χ1n) is 33.2. The van der Waals surface area contributed by atoms with Crippen LogP contribution in [-0.4, -0.2) is 87.4 Å². The second-order valence-corrected chi connectivity index (χ2v) is 23.8. The molecule has 77 heavy (non-hydrogen) atoms. The molecule has 2 atom stereocenters. The first kappa shape index (κ1) is 74.5. The summed E-state index contributed by atoms with van der Waals surface area (Å²) in [6.07, 6.45) is 71.3. The maximum Gasteiger partial charge on any atom is 0.361 e. The molecule has 0 saturated heterocycles. The van der Waals surface area contributed by atoms with Crippen LogP contribution in [0.15, 0.2) is 36.5 Å². The number of carbonyl (C=O) groups is 3. The molecule has 0 bridgehead atoms. The highest BCUT2D eigenvalue weighted by Gasteiger charge is 2.25. The predicted molar refractivity (Wildman–Crippen MR) is 327 cm³/mol. The Morgan fingerprint density at radius 2 is 0.701 bits per heavy atom. The summed E-state index contributed by atoms with van der Waals surface area (Å²) >= 11 is 0. The Morgan fingerprint density at radius 3 is 1.06 bits per heavy atom. The van der Waals surface area contributed by atoms with Gasteiger partial charge in [-0.05, 0) is 70.6 Å². The van der Waals surface area contributed by atoms with E-state index in [0.29, 0.717) is 23.9 Å². The highest BCUT2D eigenvalue weighted by molar-refractivity contribution is 5.71. The third-order valence-electron chi connectivity index (χ3n) is 14.9. The largest absolute Gasteiger partial charge is 0.477 e. The maximum absolute atomic E-state index is 12.8. The van der Waals surface area contributed by atoms with Gasteiger partial charge in [-0.25, -0.2) is 4.79 Å². The van der Waals surface area contributed by atoms with Crippen molar-refractivity contribution in [3.8, 4) is 0 Å². The van der Waals surface area contributed by atoms with Crippen LogP contribution in [0.2, 0.25) is 0 Å². The molecule has 1 N–H and O–H groups in total. The second kappa shape index (κ2) is 59.6. The van der Waals surface area contributed by atoms with Crippen molar-refractivity contribution in [1.29, 1.82) is 0 Å². The zero-order valence-corrected chi connectivity index (χ0v) is 51.6. The van der Waals surface area contributed by atoms with Gasteiger partial charge in [-0.15, -0.1) is 0 Å². The number of carboxylic acid groups (broad SMARTS) is 1. The minimum atomic E-state index is -1.51. The normalized spacial score (nSPS) is 12.9. The molecule has 2 unspecified atom stereocenters. The zero-order chi connectivity index (χ0) is 56.2. The minimum absolute atomic E-state index is 0.184. The van der Waals surface area contributed by atoms with Crippen LogP contribution in [0.5, 0.6) is 0 Å². The van der Waals surface area contributed by atoms with Crippen LogP contribution in [0.3, 0.4) is 0 Å². The van der Waals surface area contributed by atoms with E-state index in [-0.39, 0.29) is 32.2 Å². The van der Waals surface area contributed by atoms with E-state index in [2.05, 4.69) is 50.3 Å². The minimum Gasteiger partial charge on any atom is -0.477 e. The molecule has 0 aromatic rings. The average Bonchev–Trinajstić information content (AvgIpc) is 3.40. The first-order chi connectivity index (χ1) is 37.6. The summed E-state index contributed by atoms with van der Waals surface area (Å²) in [4.78, 5) is 37.4. The monoisotopic (exact) mass is 1090 g/mol. The van der Waals surface area contributed by atoms with Gasteiger partial charge in [0.1, 0.15) is 13.2 Å². The molecule has 0 heterocycles. The Hall–Kier alpha value is -2.49. The molecule has 0 spiro atoms. The van der Waals surface area contributed by atoms with Crippen LogP contribution in [0.4, 0.5) is 0 Å². The maximum atomic E-state index is 12.8. The second-order valence-electron chi connectivity index (χ2n) is 23.8. The standard InChI is InChI=1S/C68H127NO8/c1-6-8-10-12-14-16-18-20-22-23-24-25-26-27-28-29-30-31-32-33-34-35-36-37-38-39-40-41-42-43-45-46-48-50-52-54-56-58-65(70)75-62-64(63-76-68(67(72)73)74-61-60-69(3,4)5)77-66(71)59-57-55-53-51-49-47-44-21-19-17-15-13-11-9-7-2/h15,17,21,23-24,44,64,68H,6-14,16,18-20,22,25-43,45-63H2,1-5H3/p+1/b17-15-,24-23-,44-21-. The summed E-state index contributed by atoms with van der Waals surface area (Å²) in [7, 11) is 5.97. The van der Waals surface area contributed by atoms with Gasteiger partial charge < -0.3 is 28.5 Å². The SMILES string of the molecule is CCCCC/C=C\C/C=C\CCCCCCCC(=O)OC(COC(=O)CCCCCCCCCCCCCCCCCCCCCCCCCCC/C=C\CCCCCCCCCC)COC(OCC[N+](C)(C)C)C(=O)O. The van der Waals surface area contributed by atoms with Crippen molar-refractivity contribution < 1.29 is 42.9 Å². The van der Waals surface area contributed by atoms with Gasteiger partial charge in [0.05, 0.1) is 34.4 Å². The number of quaternary nitrogens is 1. The van der Waals surface area contributed by atoms with Crippen LogP contribution < -0.4 is 0 Å². The van der Waals surface area contributed by atoms with E-state index in [1.54, 1.807) is 0 Å². The van der Waals surface area contributed by atoms with Gasteiger partial charge in [0.2, 0.25) is 0 Å². The van der Waals surface area contributed by atoms with Crippen molar-refractivity contribution >= 4 is 17.9 Å². The van der Waals surface area contributed by atoms with E-state index in [9.17, 15) is 19.5 Å². The molecule has 0 saturated carbocycles. The number of carboxylic acids is 1. The number of rotatable bonds is 62. The van der Waals surface area contributed by atoms with Gasteiger partial charge in [0, 0.05) is 12.8 Å². The summed E-state index contributed by atoms with van der Waals surface area (Å²) in [6.45, 7) is 4.87. The number of hydrogen-bond donors (Lipinski definition) is 1. The number of unbranched alkanes of at least 4 members (excludes halogenated alkanes) is 41. The topological polar surface area (TPSA) is 108 Å². The molecule has 0 aliphatic heterocycles. The first-order valence-corrected chi connectivity index (χ1v) is 33.2. The number of esters is 2. The number of carbonyl (C=O) groups excluding carboxylic acids is 2. The highest BCUT2D eigenvalue weighted by atomic mass is 16.7. The van der Waals surface area contributed by atoms with Crippen molar-refractivity contribution in [1.82, 2.24) is 0 Å². The lowest BCUT2D eigenvalue weighted by atomic mass is 10.0. The van der Waals surface area contributed by atoms with Crippen molar-refractivity contribution in [3.05, 3.63) is 36.5 Å². The molecule has 0 aromatic carbocycles. The Bertz CT molecular complexity index is 1360. The quantitative estimate of drug-likeness (QED) is 0.0211. The molecule has 0 rings (SSSR count). The Labute approximate surface area is 477 Å². The van der Waals surface area contributed by atoms with Gasteiger partial charge in [-0.1, -0.05) is 275 Å². The van der Waals surface area contributed by atoms with Crippen LogP contribution in [0.1, 0.15) is 322 Å². The number of aliphatic carboxylic acids is 1. The molecule has 0 radical (unpaired) electrons. The number of allylic oxidation sites excluding steroid dienone is 6. The Kier molecular flexibility index (Phi) is 57.7. The molecule has 0 fully saturated rings. The summed E-state index contributed by atoms with van der Waals surface area (Å²) < 4.78 is 22.9. The Morgan fingerprint density at radius 1 is 0.390 bits per heavy atom.